The number of carbonyl (C=O) groups excluding carboxylic acids is 1. The van der Waals surface area contributed by atoms with Crippen molar-refractivity contribution in [2.24, 2.45) is 5.92 Å². The van der Waals surface area contributed by atoms with Crippen molar-refractivity contribution >= 4 is 17.5 Å². The Labute approximate surface area is 160 Å². The lowest BCUT2D eigenvalue weighted by atomic mass is 9.96. The van der Waals surface area contributed by atoms with E-state index in [2.05, 4.69) is 15.1 Å². The van der Waals surface area contributed by atoms with E-state index < -0.39 is 11.7 Å². The Bertz CT molecular complexity index is 859. The Balaban J connectivity index is 1.54. The molecule has 10 heteroatoms. The molecular formula is C18H23F3N6O. The van der Waals surface area contributed by atoms with Crippen molar-refractivity contribution < 1.29 is 18.0 Å². The molecule has 2 aliphatic heterocycles. The molecule has 0 radical (unpaired) electrons. The molecule has 152 valence electrons. The number of carbonyl (C=O) groups is 1. The molecule has 0 unspecified atom stereocenters. The predicted molar refractivity (Wildman–Crippen MR) is 97.0 cm³/mol. The van der Waals surface area contributed by atoms with Gasteiger partial charge >= 0.3 is 6.18 Å². The first-order chi connectivity index (χ1) is 13.3. The molecule has 0 N–H and O–H groups in total. The highest BCUT2D eigenvalue weighted by atomic mass is 19.4. The molecule has 28 heavy (non-hydrogen) atoms. The second-order valence-electron chi connectivity index (χ2n) is 7.56. The zero-order chi connectivity index (χ0) is 19.9. The fourth-order valence-corrected chi connectivity index (χ4v) is 3.91. The summed E-state index contributed by atoms with van der Waals surface area (Å²) in [5.41, 5.74) is -0.390. The van der Waals surface area contributed by atoms with Gasteiger partial charge in [0.15, 0.2) is 5.65 Å². The van der Waals surface area contributed by atoms with Gasteiger partial charge in [0.05, 0.1) is 11.5 Å². The zero-order valence-corrected chi connectivity index (χ0v) is 15.7. The summed E-state index contributed by atoms with van der Waals surface area (Å²) < 4.78 is 40.6. The average molecular weight is 396 g/mol. The van der Waals surface area contributed by atoms with Crippen LogP contribution in [-0.2, 0) is 11.0 Å². The number of piperidine rings is 1. The van der Waals surface area contributed by atoms with Crippen LogP contribution in [0.5, 0.6) is 0 Å². The first-order valence-corrected chi connectivity index (χ1v) is 9.47. The molecule has 2 aromatic rings. The van der Waals surface area contributed by atoms with Gasteiger partial charge in [0.1, 0.15) is 0 Å². The number of aromatic nitrogens is 3. The summed E-state index contributed by atoms with van der Waals surface area (Å²) in [4.78, 5) is 18.9. The normalized spacial score (nSPS) is 22.1. The number of nitrogens with zero attached hydrogens (tertiary/aromatic N) is 6. The number of hydrogen-bond donors (Lipinski definition) is 0. The van der Waals surface area contributed by atoms with Crippen LogP contribution in [0.2, 0.25) is 0 Å². The van der Waals surface area contributed by atoms with Gasteiger partial charge in [-0.3, -0.25) is 9.20 Å². The Morgan fingerprint density at radius 1 is 1.11 bits per heavy atom. The van der Waals surface area contributed by atoms with Crippen LogP contribution in [0.25, 0.3) is 5.65 Å². The van der Waals surface area contributed by atoms with Crippen molar-refractivity contribution in [3.05, 3.63) is 23.9 Å². The summed E-state index contributed by atoms with van der Waals surface area (Å²) in [6.45, 7) is 4.24. The Morgan fingerprint density at radius 3 is 2.57 bits per heavy atom. The van der Waals surface area contributed by atoms with E-state index in [1.807, 2.05) is 16.8 Å². The topological polar surface area (TPSA) is 57.0 Å². The number of halogens is 3. The molecule has 0 bridgehead atoms. The highest BCUT2D eigenvalue weighted by molar-refractivity contribution is 5.80. The minimum Gasteiger partial charge on any atom is -0.340 e. The highest BCUT2D eigenvalue weighted by Crippen LogP contribution is 2.31. The number of pyridine rings is 1. The van der Waals surface area contributed by atoms with Crippen LogP contribution < -0.4 is 4.90 Å². The molecule has 2 aliphatic rings. The van der Waals surface area contributed by atoms with E-state index in [0.717, 1.165) is 38.2 Å². The van der Waals surface area contributed by atoms with Gasteiger partial charge in [0, 0.05) is 45.5 Å². The van der Waals surface area contributed by atoms with Gasteiger partial charge < -0.3 is 14.7 Å². The van der Waals surface area contributed by atoms with E-state index in [9.17, 15) is 18.0 Å². The molecule has 2 saturated heterocycles. The molecule has 2 aromatic heterocycles. The molecule has 7 nitrogen and oxygen atoms in total. The maximum atomic E-state index is 13.1. The maximum absolute atomic E-state index is 13.1. The van der Waals surface area contributed by atoms with Gasteiger partial charge in [-0.2, -0.15) is 13.2 Å². The number of rotatable bonds is 2. The van der Waals surface area contributed by atoms with Gasteiger partial charge in [-0.15, -0.1) is 10.2 Å². The molecule has 0 aliphatic carbocycles. The van der Waals surface area contributed by atoms with E-state index in [4.69, 9.17) is 0 Å². The minimum atomic E-state index is -4.43. The molecule has 2 fully saturated rings. The smallest absolute Gasteiger partial charge is 0.340 e. The fourth-order valence-electron chi connectivity index (χ4n) is 3.91. The van der Waals surface area contributed by atoms with Crippen LogP contribution in [0.1, 0.15) is 18.4 Å². The lowest BCUT2D eigenvalue weighted by Crippen LogP contribution is -2.51. The summed E-state index contributed by atoms with van der Waals surface area (Å²) in [5.74, 6) is 0.315. The van der Waals surface area contributed by atoms with Crippen molar-refractivity contribution in [2.75, 3.05) is 51.2 Å². The third-order valence-electron chi connectivity index (χ3n) is 5.58. The number of piperazine rings is 1. The molecule has 4 heterocycles. The maximum Gasteiger partial charge on any atom is 0.417 e. The van der Waals surface area contributed by atoms with Gasteiger partial charge in [-0.25, -0.2) is 0 Å². The van der Waals surface area contributed by atoms with Crippen molar-refractivity contribution in [3.63, 3.8) is 0 Å². The Kier molecular flexibility index (Phi) is 4.90. The standard InChI is InChI=1S/C18H23F3N6O/c1-24-7-9-25(10-8-24)16(28)13-3-2-6-26(11-13)17-23-22-15-5-4-14(12-27(15)17)18(19,20)21/h4-5,12-13H,2-3,6-11H2,1H3/t13-/m0/s1. The van der Waals surface area contributed by atoms with Crippen LogP contribution >= 0.6 is 0 Å². The van der Waals surface area contributed by atoms with E-state index in [-0.39, 0.29) is 11.8 Å². The lowest BCUT2D eigenvalue weighted by molar-refractivity contribution is -0.138. The molecular weight excluding hydrogens is 373 g/mol. The SMILES string of the molecule is CN1CCN(C(=O)[C@H]2CCCN(c3nnc4ccc(C(F)(F)F)cn34)C2)CC1. The molecule has 4 rings (SSSR count). The number of likely N-dealkylation sites (N-methyl/N-ethyl adjacent to an activating group) is 1. The van der Waals surface area contributed by atoms with Crippen LogP contribution in [0, 0.1) is 5.92 Å². The van der Waals surface area contributed by atoms with Crippen LogP contribution in [0.4, 0.5) is 19.1 Å². The second kappa shape index (κ2) is 7.23. The summed E-state index contributed by atoms with van der Waals surface area (Å²) >= 11 is 0. The quantitative estimate of drug-likeness (QED) is 0.774. The first-order valence-electron chi connectivity index (χ1n) is 9.47. The molecule has 0 saturated carbocycles. The predicted octanol–water partition coefficient (Wildman–Crippen LogP) is 1.74. The minimum absolute atomic E-state index is 0.127. The number of fused-ring (bicyclic) bond motifs is 1. The number of alkyl halides is 3. The van der Waals surface area contributed by atoms with Crippen molar-refractivity contribution in [3.8, 4) is 0 Å². The van der Waals surface area contributed by atoms with Crippen LogP contribution in [0.15, 0.2) is 18.3 Å². The van der Waals surface area contributed by atoms with Gasteiger partial charge in [0.2, 0.25) is 11.9 Å². The molecule has 0 spiro atoms. The lowest BCUT2D eigenvalue weighted by Gasteiger charge is -2.38. The Hall–Kier alpha value is -2.36. The third-order valence-corrected chi connectivity index (χ3v) is 5.58. The summed E-state index contributed by atoms with van der Waals surface area (Å²) in [6, 6.07) is 2.32. The summed E-state index contributed by atoms with van der Waals surface area (Å²) in [7, 11) is 2.04. The van der Waals surface area contributed by atoms with Gasteiger partial charge in [-0.1, -0.05) is 0 Å². The fraction of sp³-hybridized carbons (Fsp3) is 0.611. The Morgan fingerprint density at radius 2 is 1.86 bits per heavy atom. The van der Waals surface area contributed by atoms with Crippen LogP contribution in [-0.4, -0.2) is 76.6 Å². The summed E-state index contributed by atoms with van der Waals surface area (Å²) in [6.07, 6.45) is -1.83. The van der Waals surface area contributed by atoms with E-state index in [0.29, 0.717) is 37.8 Å². The van der Waals surface area contributed by atoms with E-state index in [1.165, 1.54) is 10.5 Å². The van der Waals surface area contributed by atoms with Gasteiger partial charge in [0.25, 0.3) is 0 Å². The zero-order valence-electron chi connectivity index (χ0n) is 15.7. The van der Waals surface area contributed by atoms with Crippen molar-refractivity contribution in [1.82, 2.24) is 24.4 Å². The van der Waals surface area contributed by atoms with Crippen molar-refractivity contribution in [2.45, 2.75) is 19.0 Å². The average Bonchev–Trinajstić information content (AvgIpc) is 3.11. The largest absolute Gasteiger partial charge is 0.417 e. The molecule has 0 aromatic carbocycles. The number of hydrogen-bond acceptors (Lipinski definition) is 5. The van der Waals surface area contributed by atoms with Gasteiger partial charge in [-0.05, 0) is 32.0 Å². The van der Waals surface area contributed by atoms with Crippen LogP contribution in [0.3, 0.4) is 0 Å². The number of anilines is 1. The molecule has 1 atom stereocenters. The summed E-state index contributed by atoms with van der Waals surface area (Å²) in [5, 5.41) is 8.09. The van der Waals surface area contributed by atoms with E-state index in [1.54, 1.807) is 0 Å². The van der Waals surface area contributed by atoms with E-state index >= 15 is 0 Å². The van der Waals surface area contributed by atoms with Crippen molar-refractivity contribution in [1.29, 1.82) is 0 Å². The monoisotopic (exact) mass is 396 g/mol. The first kappa shape index (κ1) is 19.0. The second-order valence-corrected chi connectivity index (χ2v) is 7.56. The third kappa shape index (κ3) is 3.65. The number of amides is 1. The highest BCUT2D eigenvalue weighted by Gasteiger charge is 2.34. The molecule has 1 amide bonds.